The Bertz CT molecular complexity index is 564. The van der Waals surface area contributed by atoms with Gasteiger partial charge in [-0.05, 0) is 44.4 Å². The number of allylic oxidation sites excluding steroid dienone is 2. The minimum atomic E-state index is -0.385. The fraction of sp³-hybridized carbons (Fsp3) is 0.815. The largest absolute Gasteiger partial charge is 0.462 e. The number of carbonyl (C=O) groups excluding carboxylic acids is 3. The zero-order valence-corrected chi connectivity index (χ0v) is 20.7. The van der Waals surface area contributed by atoms with Gasteiger partial charge < -0.3 is 9.47 Å². The van der Waals surface area contributed by atoms with Gasteiger partial charge in [-0.3, -0.25) is 14.4 Å². The van der Waals surface area contributed by atoms with Crippen molar-refractivity contribution in [1.82, 2.24) is 0 Å². The monoisotopic (exact) mass is 450 g/mol. The van der Waals surface area contributed by atoms with Gasteiger partial charge in [-0.2, -0.15) is 0 Å². The van der Waals surface area contributed by atoms with E-state index >= 15 is 0 Å². The van der Waals surface area contributed by atoms with Crippen LogP contribution in [0.5, 0.6) is 0 Å². The molecule has 0 N–H and O–H groups in total. The molecule has 0 aromatic rings. The Hall–Kier alpha value is -1.65. The van der Waals surface area contributed by atoms with Crippen LogP contribution in [0.3, 0.4) is 0 Å². The van der Waals surface area contributed by atoms with Crippen molar-refractivity contribution in [2.75, 3.05) is 0 Å². The van der Waals surface area contributed by atoms with E-state index in [1.807, 2.05) is 13.8 Å². The lowest BCUT2D eigenvalue weighted by Gasteiger charge is -2.16. The summed E-state index contributed by atoms with van der Waals surface area (Å²) in [6.45, 7) is 6.30. The SMILES string of the molecule is CCCCCCCCC(/C=C/CCCCCCC(=O)OC(CC)CC)C1CC(=O)OC1=O. The van der Waals surface area contributed by atoms with Crippen molar-refractivity contribution < 1.29 is 23.9 Å². The van der Waals surface area contributed by atoms with E-state index in [1.165, 1.54) is 32.1 Å². The first-order valence-corrected chi connectivity index (χ1v) is 13.1. The van der Waals surface area contributed by atoms with Crippen LogP contribution in [0, 0.1) is 11.8 Å². The van der Waals surface area contributed by atoms with Crippen LogP contribution in [0.25, 0.3) is 0 Å². The minimum Gasteiger partial charge on any atom is -0.462 e. The second-order valence-electron chi connectivity index (χ2n) is 9.13. The fourth-order valence-electron chi connectivity index (χ4n) is 4.27. The second-order valence-corrected chi connectivity index (χ2v) is 9.13. The van der Waals surface area contributed by atoms with Crippen LogP contribution in [-0.4, -0.2) is 24.0 Å². The van der Waals surface area contributed by atoms with Crippen LogP contribution < -0.4 is 0 Å². The maximum absolute atomic E-state index is 12.1. The van der Waals surface area contributed by atoms with Crippen LogP contribution in [-0.2, 0) is 23.9 Å². The zero-order valence-electron chi connectivity index (χ0n) is 20.7. The molecule has 1 aliphatic rings. The standard InChI is InChI=1S/C27H46O5/c1-4-7-8-9-12-15-18-22(24-21-26(29)32-27(24)30)19-16-13-10-11-14-17-20-25(28)31-23(5-2)6-3/h16,19,22-24H,4-15,17-18,20-21H2,1-3H3/b19-16+. The number of ether oxygens (including phenoxy) is 2. The average molecular weight is 451 g/mol. The van der Waals surface area contributed by atoms with Crippen LogP contribution in [0.15, 0.2) is 12.2 Å². The molecule has 2 atom stereocenters. The Morgan fingerprint density at radius 2 is 1.62 bits per heavy atom. The van der Waals surface area contributed by atoms with E-state index < -0.39 is 0 Å². The molecule has 1 saturated heterocycles. The molecule has 1 rings (SSSR count). The Balaban J connectivity index is 2.27. The highest BCUT2D eigenvalue weighted by atomic mass is 16.6. The predicted molar refractivity (Wildman–Crippen MR) is 128 cm³/mol. The van der Waals surface area contributed by atoms with Crippen LogP contribution in [0.2, 0.25) is 0 Å². The van der Waals surface area contributed by atoms with Gasteiger partial charge >= 0.3 is 17.9 Å². The molecule has 1 aliphatic heterocycles. The molecule has 0 amide bonds. The van der Waals surface area contributed by atoms with E-state index in [2.05, 4.69) is 19.1 Å². The van der Waals surface area contributed by atoms with Crippen molar-refractivity contribution in [3.05, 3.63) is 12.2 Å². The Morgan fingerprint density at radius 1 is 0.969 bits per heavy atom. The molecule has 0 aliphatic carbocycles. The van der Waals surface area contributed by atoms with Crippen molar-refractivity contribution in [1.29, 1.82) is 0 Å². The van der Waals surface area contributed by atoms with Crippen LogP contribution >= 0.6 is 0 Å². The lowest BCUT2D eigenvalue weighted by atomic mass is 9.86. The predicted octanol–water partition coefficient (Wildman–Crippen LogP) is 7.07. The summed E-state index contributed by atoms with van der Waals surface area (Å²) in [5, 5.41) is 0. The van der Waals surface area contributed by atoms with E-state index in [0.717, 1.165) is 57.8 Å². The van der Waals surface area contributed by atoms with Gasteiger partial charge in [-0.25, -0.2) is 0 Å². The first-order chi connectivity index (χ1) is 15.5. The van der Waals surface area contributed by atoms with Gasteiger partial charge in [0.1, 0.15) is 6.10 Å². The number of carbonyl (C=O) groups is 3. The normalized spacial score (nSPS) is 17.3. The smallest absolute Gasteiger partial charge is 0.317 e. The summed E-state index contributed by atoms with van der Waals surface area (Å²) in [6.07, 6.45) is 20.1. The molecule has 0 aromatic carbocycles. The topological polar surface area (TPSA) is 69.7 Å². The number of hydrogen-bond acceptors (Lipinski definition) is 5. The summed E-state index contributed by atoms with van der Waals surface area (Å²) in [4.78, 5) is 35.4. The number of rotatable bonds is 19. The maximum Gasteiger partial charge on any atom is 0.317 e. The van der Waals surface area contributed by atoms with Gasteiger partial charge in [0.2, 0.25) is 0 Å². The zero-order chi connectivity index (χ0) is 23.6. The molecular formula is C27H46O5. The Morgan fingerprint density at radius 3 is 2.28 bits per heavy atom. The highest BCUT2D eigenvalue weighted by molar-refractivity contribution is 5.94. The van der Waals surface area contributed by atoms with Gasteiger partial charge in [0.15, 0.2) is 0 Å². The Kier molecular flexibility index (Phi) is 15.8. The van der Waals surface area contributed by atoms with Gasteiger partial charge in [0.25, 0.3) is 0 Å². The lowest BCUT2D eigenvalue weighted by molar-refractivity contribution is -0.153. The third kappa shape index (κ3) is 12.4. The van der Waals surface area contributed by atoms with Crippen molar-refractivity contribution >= 4 is 17.9 Å². The van der Waals surface area contributed by atoms with Crippen LogP contribution in [0.1, 0.15) is 124 Å². The molecular weight excluding hydrogens is 404 g/mol. The first kappa shape index (κ1) is 28.4. The second kappa shape index (κ2) is 17.9. The summed E-state index contributed by atoms with van der Waals surface area (Å²) in [6, 6.07) is 0. The van der Waals surface area contributed by atoms with Crippen molar-refractivity contribution in [2.45, 2.75) is 130 Å². The van der Waals surface area contributed by atoms with E-state index in [-0.39, 0.29) is 42.3 Å². The minimum absolute atomic E-state index is 0.0596. The molecule has 1 heterocycles. The fourth-order valence-corrected chi connectivity index (χ4v) is 4.27. The van der Waals surface area contributed by atoms with E-state index in [9.17, 15) is 14.4 Å². The van der Waals surface area contributed by atoms with Crippen LogP contribution in [0.4, 0.5) is 0 Å². The highest BCUT2D eigenvalue weighted by Crippen LogP contribution is 2.30. The molecule has 0 bridgehead atoms. The third-order valence-corrected chi connectivity index (χ3v) is 6.41. The molecule has 32 heavy (non-hydrogen) atoms. The molecule has 0 spiro atoms. The molecule has 5 nitrogen and oxygen atoms in total. The molecule has 5 heteroatoms. The number of esters is 3. The molecule has 184 valence electrons. The molecule has 0 radical (unpaired) electrons. The summed E-state index contributed by atoms with van der Waals surface area (Å²) < 4.78 is 10.2. The molecule has 2 unspecified atom stereocenters. The molecule has 0 aromatic heterocycles. The number of unbranched alkanes of at least 4 members (excludes halogenated alkanes) is 9. The van der Waals surface area contributed by atoms with E-state index in [0.29, 0.717) is 6.42 Å². The van der Waals surface area contributed by atoms with E-state index in [4.69, 9.17) is 9.47 Å². The quantitative estimate of drug-likeness (QED) is 0.0910. The van der Waals surface area contributed by atoms with Gasteiger partial charge in [-0.15, -0.1) is 0 Å². The number of cyclic esters (lactones) is 2. The summed E-state index contributed by atoms with van der Waals surface area (Å²) in [7, 11) is 0. The molecule has 1 fully saturated rings. The summed E-state index contributed by atoms with van der Waals surface area (Å²) in [5.41, 5.74) is 0. The summed E-state index contributed by atoms with van der Waals surface area (Å²) >= 11 is 0. The number of hydrogen-bond donors (Lipinski definition) is 0. The first-order valence-electron chi connectivity index (χ1n) is 13.1. The van der Waals surface area contributed by atoms with Crippen molar-refractivity contribution in [3.63, 3.8) is 0 Å². The Labute approximate surface area is 195 Å². The average Bonchev–Trinajstić information content (AvgIpc) is 3.12. The van der Waals surface area contributed by atoms with E-state index in [1.54, 1.807) is 0 Å². The highest BCUT2D eigenvalue weighted by Gasteiger charge is 2.37. The van der Waals surface area contributed by atoms with Gasteiger partial charge in [-0.1, -0.05) is 84.3 Å². The van der Waals surface area contributed by atoms with Gasteiger partial charge in [0, 0.05) is 6.42 Å². The van der Waals surface area contributed by atoms with Crippen molar-refractivity contribution in [2.24, 2.45) is 11.8 Å². The maximum atomic E-state index is 12.1. The van der Waals surface area contributed by atoms with Gasteiger partial charge in [0.05, 0.1) is 12.3 Å². The molecule has 0 saturated carbocycles. The van der Waals surface area contributed by atoms with Crippen molar-refractivity contribution in [3.8, 4) is 0 Å². The third-order valence-electron chi connectivity index (χ3n) is 6.41. The summed E-state index contributed by atoms with van der Waals surface area (Å²) in [5.74, 6) is -1.02. The lowest BCUT2D eigenvalue weighted by Crippen LogP contribution is -2.18.